The van der Waals surface area contributed by atoms with E-state index in [4.69, 9.17) is 0 Å². The molecular formula is C18H22N6O3S2. The molecular weight excluding hydrogens is 412 g/mol. The molecule has 2 aromatic heterocycles. The molecule has 1 amide bonds. The van der Waals surface area contributed by atoms with Gasteiger partial charge in [0.15, 0.2) is 5.13 Å². The molecule has 1 aliphatic rings. The first-order valence-electron chi connectivity index (χ1n) is 9.11. The van der Waals surface area contributed by atoms with E-state index in [1.54, 1.807) is 12.3 Å². The molecule has 0 atom stereocenters. The molecule has 29 heavy (non-hydrogen) atoms. The number of anilines is 1. The van der Waals surface area contributed by atoms with Crippen LogP contribution < -0.4 is 5.32 Å². The molecule has 0 bridgehead atoms. The number of aromatic nitrogens is 3. The van der Waals surface area contributed by atoms with Gasteiger partial charge in [-0.1, -0.05) is 0 Å². The lowest BCUT2D eigenvalue weighted by atomic mass is 10.2. The van der Waals surface area contributed by atoms with Crippen molar-refractivity contribution in [2.24, 2.45) is 0 Å². The lowest BCUT2D eigenvalue weighted by Gasteiger charge is -2.20. The molecule has 2 N–H and O–H groups in total. The molecule has 3 heterocycles. The highest BCUT2D eigenvalue weighted by Gasteiger charge is 2.27. The van der Waals surface area contributed by atoms with Crippen molar-refractivity contribution in [2.45, 2.75) is 24.8 Å². The Kier molecular flexibility index (Phi) is 5.15. The third kappa shape index (κ3) is 3.90. The summed E-state index contributed by atoms with van der Waals surface area (Å²) in [6.45, 7) is 3.25. The maximum Gasteiger partial charge on any atom is 0.245 e. The number of nitrogens with zero attached hydrogens (tertiary/aromatic N) is 4. The Bertz CT molecular complexity index is 1180. The number of nitrogens with one attached hydrogen (secondary N) is 2. The van der Waals surface area contributed by atoms with E-state index in [2.05, 4.69) is 25.4 Å². The first-order valence-corrected chi connectivity index (χ1v) is 11.4. The SMILES string of the molecule is Cc1cc(S(=O)(=O)N(C)CC(=O)Nc2nc3c(s2)CN(C)CC3)c2[nH]ncc2c1. The molecule has 9 nitrogen and oxygen atoms in total. The molecule has 0 fully saturated rings. The lowest BCUT2D eigenvalue weighted by molar-refractivity contribution is -0.116. The van der Waals surface area contributed by atoms with E-state index in [1.807, 2.05) is 20.0 Å². The Morgan fingerprint density at radius 1 is 1.41 bits per heavy atom. The summed E-state index contributed by atoms with van der Waals surface area (Å²) in [5.74, 6) is -0.427. The number of carbonyl (C=O) groups is 1. The fourth-order valence-electron chi connectivity index (χ4n) is 3.36. The van der Waals surface area contributed by atoms with Crippen molar-refractivity contribution in [3.8, 4) is 0 Å². The summed E-state index contributed by atoms with van der Waals surface area (Å²) >= 11 is 1.44. The van der Waals surface area contributed by atoms with E-state index in [9.17, 15) is 13.2 Å². The van der Waals surface area contributed by atoms with Crippen LogP contribution in [-0.4, -0.2) is 65.9 Å². The summed E-state index contributed by atoms with van der Waals surface area (Å²) in [5, 5.41) is 10.6. The highest BCUT2D eigenvalue weighted by molar-refractivity contribution is 7.89. The van der Waals surface area contributed by atoms with E-state index in [0.717, 1.165) is 40.0 Å². The number of fused-ring (bicyclic) bond motifs is 2. The van der Waals surface area contributed by atoms with Crippen molar-refractivity contribution < 1.29 is 13.2 Å². The number of aromatic amines is 1. The summed E-state index contributed by atoms with van der Waals surface area (Å²) in [6, 6.07) is 3.43. The maximum absolute atomic E-state index is 13.1. The summed E-state index contributed by atoms with van der Waals surface area (Å²) < 4.78 is 27.2. The van der Waals surface area contributed by atoms with E-state index >= 15 is 0 Å². The molecule has 3 aromatic rings. The van der Waals surface area contributed by atoms with Gasteiger partial charge in [0.25, 0.3) is 0 Å². The zero-order valence-electron chi connectivity index (χ0n) is 16.4. The minimum absolute atomic E-state index is 0.105. The number of H-pyrrole nitrogens is 1. The van der Waals surface area contributed by atoms with Crippen molar-refractivity contribution in [1.29, 1.82) is 0 Å². The van der Waals surface area contributed by atoms with Gasteiger partial charge in [-0.3, -0.25) is 9.89 Å². The number of amides is 1. The summed E-state index contributed by atoms with van der Waals surface area (Å²) in [5.41, 5.74) is 2.24. The third-order valence-corrected chi connectivity index (χ3v) is 7.71. The highest BCUT2D eigenvalue weighted by atomic mass is 32.2. The first-order chi connectivity index (χ1) is 13.7. The summed E-state index contributed by atoms with van der Waals surface area (Å²) in [4.78, 5) is 20.4. The van der Waals surface area contributed by atoms with E-state index in [1.165, 1.54) is 18.4 Å². The van der Waals surface area contributed by atoms with Crippen LogP contribution in [0.25, 0.3) is 10.9 Å². The predicted molar refractivity (Wildman–Crippen MR) is 111 cm³/mol. The van der Waals surface area contributed by atoms with Crippen LogP contribution in [-0.2, 0) is 27.8 Å². The minimum Gasteiger partial charge on any atom is -0.301 e. The van der Waals surface area contributed by atoms with Gasteiger partial charge in [-0.25, -0.2) is 13.4 Å². The molecule has 1 aromatic carbocycles. The van der Waals surface area contributed by atoms with Gasteiger partial charge in [0.05, 0.1) is 24.0 Å². The number of aryl methyl sites for hydroxylation is 1. The van der Waals surface area contributed by atoms with Crippen LogP contribution >= 0.6 is 11.3 Å². The molecule has 0 radical (unpaired) electrons. The molecule has 4 rings (SSSR count). The quantitative estimate of drug-likeness (QED) is 0.631. The molecule has 0 saturated carbocycles. The molecule has 0 saturated heterocycles. The molecule has 0 unspecified atom stereocenters. The van der Waals surface area contributed by atoms with Crippen LogP contribution in [0.1, 0.15) is 16.1 Å². The summed E-state index contributed by atoms with van der Waals surface area (Å²) in [6.07, 6.45) is 2.43. The van der Waals surface area contributed by atoms with Gasteiger partial charge in [-0.05, 0) is 31.7 Å². The minimum atomic E-state index is -3.88. The zero-order valence-corrected chi connectivity index (χ0v) is 18.0. The molecule has 154 valence electrons. The second kappa shape index (κ2) is 7.48. The van der Waals surface area contributed by atoms with Crippen LogP contribution in [0.4, 0.5) is 5.13 Å². The van der Waals surface area contributed by atoms with E-state index in [-0.39, 0.29) is 11.4 Å². The van der Waals surface area contributed by atoms with Gasteiger partial charge < -0.3 is 10.2 Å². The maximum atomic E-state index is 13.1. The third-order valence-electron chi connectivity index (χ3n) is 4.88. The zero-order chi connectivity index (χ0) is 20.8. The fraction of sp³-hybridized carbons (Fsp3) is 0.389. The number of likely N-dealkylation sites (N-methyl/N-ethyl adjacent to an activating group) is 2. The second-order valence-corrected chi connectivity index (χ2v) is 10.4. The molecule has 1 aliphatic heterocycles. The summed E-state index contributed by atoms with van der Waals surface area (Å²) in [7, 11) is -0.443. The van der Waals surface area contributed by atoms with Gasteiger partial charge in [-0.15, -0.1) is 11.3 Å². The molecule has 0 spiro atoms. The van der Waals surface area contributed by atoms with Crippen molar-refractivity contribution >= 4 is 43.3 Å². The van der Waals surface area contributed by atoms with Gasteiger partial charge in [0.1, 0.15) is 4.90 Å². The van der Waals surface area contributed by atoms with Gasteiger partial charge in [0, 0.05) is 36.8 Å². The average Bonchev–Trinajstić information content (AvgIpc) is 3.26. The number of hydrogen-bond acceptors (Lipinski definition) is 7. The number of carbonyl (C=O) groups excluding carboxylic acids is 1. The number of thiazole rings is 1. The van der Waals surface area contributed by atoms with Crippen LogP contribution in [0.15, 0.2) is 23.2 Å². The van der Waals surface area contributed by atoms with Crippen molar-refractivity contribution in [3.05, 3.63) is 34.5 Å². The van der Waals surface area contributed by atoms with Crippen LogP contribution in [0.2, 0.25) is 0 Å². The Balaban J connectivity index is 1.50. The Labute approximate surface area is 172 Å². The van der Waals surface area contributed by atoms with Crippen molar-refractivity contribution in [2.75, 3.05) is 32.5 Å². The second-order valence-electron chi connectivity index (χ2n) is 7.28. The highest BCUT2D eigenvalue weighted by Crippen LogP contribution is 2.28. The Morgan fingerprint density at radius 3 is 3.00 bits per heavy atom. The fourth-order valence-corrected chi connectivity index (χ4v) is 5.85. The topological polar surface area (TPSA) is 111 Å². The van der Waals surface area contributed by atoms with Crippen molar-refractivity contribution in [3.63, 3.8) is 0 Å². The molecule has 11 heteroatoms. The Morgan fingerprint density at radius 2 is 2.21 bits per heavy atom. The largest absolute Gasteiger partial charge is 0.301 e. The van der Waals surface area contributed by atoms with Crippen LogP contribution in [0.3, 0.4) is 0 Å². The number of sulfonamides is 1. The smallest absolute Gasteiger partial charge is 0.245 e. The van der Waals surface area contributed by atoms with Crippen molar-refractivity contribution in [1.82, 2.24) is 24.4 Å². The van der Waals surface area contributed by atoms with Gasteiger partial charge >= 0.3 is 0 Å². The normalized spacial score (nSPS) is 15.0. The standard InChI is InChI=1S/C18H22N6O3S2/c1-11-6-12-8-19-22-17(12)15(7-11)29(26,27)24(3)10-16(25)21-18-20-13-4-5-23(2)9-14(13)28-18/h6-8H,4-5,9-10H2,1-3H3,(H,19,22)(H,20,21,25). The number of benzene rings is 1. The lowest BCUT2D eigenvalue weighted by Crippen LogP contribution is -2.35. The van der Waals surface area contributed by atoms with Crippen LogP contribution in [0.5, 0.6) is 0 Å². The number of hydrogen-bond donors (Lipinski definition) is 2. The van der Waals surface area contributed by atoms with Gasteiger partial charge in [-0.2, -0.15) is 9.40 Å². The molecule has 0 aliphatic carbocycles. The van der Waals surface area contributed by atoms with E-state index < -0.39 is 15.9 Å². The Hall–Kier alpha value is -2.34. The number of rotatable bonds is 5. The van der Waals surface area contributed by atoms with Crippen LogP contribution in [0, 0.1) is 6.92 Å². The van der Waals surface area contributed by atoms with Gasteiger partial charge in [0.2, 0.25) is 15.9 Å². The monoisotopic (exact) mass is 434 g/mol. The predicted octanol–water partition coefficient (Wildman–Crippen LogP) is 1.57. The van der Waals surface area contributed by atoms with E-state index in [0.29, 0.717) is 16.0 Å². The average molecular weight is 435 g/mol. The first kappa shape index (κ1) is 20.0.